The highest BCUT2D eigenvalue weighted by atomic mass is 32.1. The molecule has 1 N–H and O–H groups in total. The van der Waals surface area contributed by atoms with Gasteiger partial charge in [0.15, 0.2) is 16.3 Å². The number of nitrogens with zero attached hydrogens (tertiary/aromatic N) is 2. The summed E-state index contributed by atoms with van der Waals surface area (Å²) >= 11 is 1.22. The van der Waals surface area contributed by atoms with E-state index in [9.17, 15) is 14.7 Å². The Kier molecular flexibility index (Phi) is 7.07. The number of aromatic hydroxyl groups is 1. The highest BCUT2D eigenvalue weighted by molar-refractivity contribution is 7.07. The van der Waals surface area contributed by atoms with Gasteiger partial charge in [0, 0.05) is 0 Å². The van der Waals surface area contributed by atoms with Gasteiger partial charge in [-0.3, -0.25) is 9.36 Å². The molecule has 1 atom stereocenters. The van der Waals surface area contributed by atoms with Gasteiger partial charge in [0.1, 0.15) is 5.75 Å². The van der Waals surface area contributed by atoms with Gasteiger partial charge < -0.3 is 19.3 Å². The number of phenols is 1. The maximum atomic E-state index is 13.6. The zero-order valence-electron chi connectivity index (χ0n) is 19.9. The minimum Gasteiger partial charge on any atom is -0.508 e. The molecule has 35 heavy (non-hydrogen) atoms. The van der Waals surface area contributed by atoms with Gasteiger partial charge in [-0.25, -0.2) is 9.79 Å². The second-order valence-corrected chi connectivity index (χ2v) is 8.75. The lowest BCUT2D eigenvalue weighted by Gasteiger charge is -2.25. The highest BCUT2D eigenvalue weighted by Gasteiger charge is 2.33. The van der Waals surface area contributed by atoms with Crippen molar-refractivity contribution in [2.75, 3.05) is 20.3 Å². The number of esters is 1. The number of phenolic OH excluding ortho intramolecular Hbond substituents is 1. The Morgan fingerprint density at radius 1 is 1.17 bits per heavy atom. The number of methoxy groups -OCH3 is 1. The smallest absolute Gasteiger partial charge is 0.338 e. The van der Waals surface area contributed by atoms with Crippen LogP contribution in [-0.2, 0) is 9.53 Å². The van der Waals surface area contributed by atoms with Crippen molar-refractivity contribution < 1.29 is 24.1 Å². The lowest BCUT2D eigenvalue weighted by molar-refractivity contribution is -0.139. The van der Waals surface area contributed by atoms with E-state index in [0.717, 1.165) is 0 Å². The van der Waals surface area contributed by atoms with Crippen molar-refractivity contribution in [3.8, 4) is 17.2 Å². The monoisotopic (exact) mass is 494 g/mol. The molecule has 4 rings (SSSR count). The molecule has 8 nitrogen and oxygen atoms in total. The first-order chi connectivity index (χ1) is 16.9. The summed E-state index contributed by atoms with van der Waals surface area (Å²) in [7, 11) is 1.55. The first-order valence-corrected chi connectivity index (χ1v) is 12.0. The quantitative estimate of drug-likeness (QED) is 0.507. The molecular formula is C26H26N2O6S. The van der Waals surface area contributed by atoms with E-state index < -0.39 is 12.0 Å². The fraction of sp³-hybridized carbons (Fsp3) is 0.269. The molecule has 3 aromatic rings. The number of hydrogen-bond acceptors (Lipinski definition) is 8. The Balaban J connectivity index is 1.97. The van der Waals surface area contributed by atoms with Gasteiger partial charge in [0.25, 0.3) is 5.56 Å². The number of ether oxygens (including phenoxy) is 3. The topological polar surface area (TPSA) is 99.4 Å². The van der Waals surface area contributed by atoms with Gasteiger partial charge in [-0.1, -0.05) is 29.5 Å². The molecule has 0 bridgehead atoms. The first-order valence-electron chi connectivity index (χ1n) is 11.2. The van der Waals surface area contributed by atoms with E-state index in [2.05, 4.69) is 4.99 Å². The Morgan fingerprint density at radius 3 is 2.66 bits per heavy atom. The second kappa shape index (κ2) is 10.2. The van der Waals surface area contributed by atoms with E-state index in [1.807, 2.05) is 6.92 Å². The molecule has 9 heteroatoms. The van der Waals surface area contributed by atoms with Crippen molar-refractivity contribution in [2.45, 2.75) is 26.8 Å². The van der Waals surface area contributed by atoms with E-state index in [0.29, 0.717) is 44.3 Å². The van der Waals surface area contributed by atoms with Crippen LogP contribution in [0.5, 0.6) is 17.2 Å². The summed E-state index contributed by atoms with van der Waals surface area (Å²) in [4.78, 5) is 31.7. The molecule has 0 saturated heterocycles. The summed E-state index contributed by atoms with van der Waals surface area (Å²) in [6.45, 7) is 5.94. The predicted molar refractivity (Wildman–Crippen MR) is 133 cm³/mol. The molecule has 0 saturated carbocycles. The molecule has 1 unspecified atom stereocenters. The van der Waals surface area contributed by atoms with Crippen molar-refractivity contribution in [1.29, 1.82) is 0 Å². The van der Waals surface area contributed by atoms with E-state index >= 15 is 0 Å². The molecule has 2 aromatic carbocycles. The fourth-order valence-corrected chi connectivity index (χ4v) is 5.05. The molecule has 0 spiro atoms. The van der Waals surface area contributed by atoms with Gasteiger partial charge in [-0.05, 0) is 62.2 Å². The van der Waals surface area contributed by atoms with Crippen LogP contribution in [0.3, 0.4) is 0 Å². The van der Waals surface area contributed by atoms with E-state index in [1.54, 1.807) is 69.5 Å². The number of fused-ring (bicyclic) bond motifs is 1. The van der Waals surface area contributed by atoms with Crippen molar-refractivity contribution in [3.63, 3.8) is 0 Å². The number of hydrogen-bond donors (Lipinski definition) is 1. The minimum atomic E-state index is -0.762. The van der Waals surface area contributed by atoms with Crippen molar-refractivity contribution in [1.82, 2.24) is 4.57 Å². The number of thiazole rings is 1. The maximum Gasteiger partial charge on any atom is 0.338 e. The second-order valence-electron chi connectivity index (χ2n) is 7.74. The number of benzene rings is 2. The molecule has 2 heterocycles. The van der Waals surface area contributed by atoms with E-state index in [1.165, 1.54) is 15.9 Å². The Bertz CT molecular complexity index is 1480. The summed E-state index contributed by atoms with van der Waals surface area (Å²) < 4.78 is 18.4. The minimum absolute atomic E-state index is 0.103. The Labute approximate surface area is 206 Å². The van der Waals surface area contributed by atoms with Crippen LogP contribution >= 0.6 is 11.3 Å². The standard InChI is InChI=1S/C26H26N2O6S/c1-5-33-20-14-17(10-11-19(20)32-4)23-22(25(31)34-6-2)15(3)27-26-28(23)24(30)21(35-26)13-16-8-7-9-18(29)12-16/h7-14,23,29H,5-6H2,1-4H3/b21-13+. The van der Waals surface area contributed by atoms with Crippen LogP contribution in [-0.4, -0.2) is 36.0 Å². The molecular weight excluding hydrogens is 468 g/mol. The largest absolute Gasteiger partial charge is 0.508 e. The van der Waals surface area contributed by atoms with Crippen molar-refractivity contribution in [3.05, 3.63) is 84.5 Å². The number of carbonyl (C=O) groups is 1. The first kappa shape index (κ1) is 24.3. The van der Waals surface area contributed by atoms with Crippen molar-refractivity contribution >= 4 is 23.4 Å². The molecule has 0 amide bonds. The molecule has 1 aromatic heterocycles. The summed E-state index contributed by atoms with van der Waals surface area (Å²) in [6.07, 6.45) is 1.70. The van der Waals surface area contributed by atoms with Crippen LogP contribution in [0.1, 0.15) is 37.9 Å². The molecule has 1 aliphatic heterocycles. The molecule has 1 aliphatic rings. The number of allylic oxidation sites excluding steroid dienone is 1. The van der Waals surface area contributed by atoms with Crippen LogP contribution in [0.25, 0.3) is 6.08 Å². The van der Waals surface area contributed by atoms with Crippen LogP contribution in [0.15, 0.2) is 63.5 Å². The zero-order chi connectivity index (χ0) is 25.1. The Morgan fingerprint density at radius 2 is 1.97 bits per heavy atom. The average Bonchev–Trinajstić information content (AvgIpc) is 3.12. The lowest BCUT2D eigenvalue weighted by Crippen LogP contribution is -2.40. The average molecular weight is 495 g/mol. The van der Waals surface area contributed by atoms with Gasteiger partial charge >= 0.3 is 5.97 Å². The molecule has 182 valence electrons. The normalized spacial score (nSPS) is 15.4. The summed E-state index contributed by atoms with van der Waals surface area (Å²) in [5, 5.41) is 9.81. The van der Waals surface area contributed by atoms with Crippen LogP contribution in [0.4, 0.5) is 0 Å². The third kappa shape index (κ3) is 4.72. The number of aromatic nitrogens is 1. The number of rotatable bonds is 7. The molecule has 0 radical (unpaired) electrons. The zero-order valence-corrected chi connectivity index (χ0v) is 20.7. The van der Waals surface area contributed by atoms with Crippen LogP contribution < -0.4 is 24.4 Å². The van der Waals surface area contributed by atoms with Gasteiger partial charge in [0.2, 0.25) is 0 Å². The Hall–Kier alpha value is -3.85. The highest BCUT2D eigenvalue weighted by Crippen LogP contribution is 2.36. The van der Waals surface area contributed by atoms with Gasteiger partial charge in [0.05, 0.1) is 42.2 Å². The maximum absolute atomic E-state index is 13.6. The van der Waals surface area contributed by atoms with Crippen molar-refractivity contribution in [2.24, 2.45) is 4.99 Å². The molecule has 0 aliphatic carbocycles. The van der Waals surface area contributed by atoms with Gasteiger partial charge in [-0.15, -0.1) is 0 Å². The van der Waals surface area contributed by atoms with Gasteiger partial charge in [-0.2, -0.15) is 0 Å². The summed E-state index contributed by atoms with van der Waals surface area (Å²) in [5.74, 6) is 0.624. The molecule has 0 fully saturated rings. The van der Waals surface area contributed by atoms with E-state index in [-0.39, 0.29) is 23.5 Å². The lowest BCUT2D eigenvalue weighted by atomic mass is 9.95. The summed E-state index contributed by atoms with van der Waals surface area (Å²) in [6, 6.07) is 11.2. The third-order valence-corrected chi connectivity index (χ3v) is 6.47. The fourth-order valence-electron chi connectivity index (χ4n) is 4.00. The SMILES string of the molecule is CCOC(=O)C1=C(C)N=c2s/c(=C/c3cccc(O)c3)c(=O)n2C1c1ccc(OC)c(OCC)c1. The van der Waals surface area contributed by atoms with Crippen LogP contribution in [0, 0.1) is 0 Å². The summed E-state index contributed by atoms with van der Waals surface area (Å²) in [5.41, 5.74) is 1.81. The van der Waals surface area contributed by atoms with Crippen LogP contribution in [0.2, 0.25) is 0 Å². The predicted octanol–water partition coefficient (Wildman–Crippen LogP) is 2.91. The number of carbonyl (C=O) groups excluding carboxylic acids is 1. The van der Waals surface area contributed by atoms with E-state index in [4.69, 9.17) is 14.2 Å². The third-order valence-electron chi connectivity index (χ3n) is 5.49.